The lowest BCUT2D eigenvalue weighted by molar-refractivity contribution is -0.129. The predicted molar refractivity (Wildman–Crippen MR) is 110 cm³/mol. The molecule has 2 fully saturated rings. The highest BCUT2D eigenvalue weighted by Crippen LogP contribution is 2.16. The molecule has 0 spiro atoms. The van der Waals surface area contributed by atoms with Gasteiger partial charge in [-0.1, -0.05) is 6.92 Å². The second-order valence-corrected chi connectivity index (χ2v) is 6.41. The van der Waals surface area contributed by atoms with E-state index in [2.05, 4.69) is 29.4 Å². The largest absolute Gasteiger partial charge is 0.357 e. The Bertz CT molecular complexity index is 398. The fourth-order valence-electron chi connectivity index (χ4n) is 3.47. The Kier molecular flexibility index (Phi) is 10.6. The lowest BCUT2D eigenvalue weighted by atomic mass is 10.2. The highest BCUT2D eigenvalue weighted by Gasteiger charge is 2.22. The van der Waals surface area contributed by atoms with Crippen molar-refractivity contribution >= 4 is 35.8 Å². The number of aliphatic imine (C=N–C) groups is 1. The second kappa shape index (κ2) is 11.9. The van der Waals surface area contributed by atoms with Gasteiger partial charge in [0.2, 0.25) is 5.91 Å². The molecule has 140 valence electrons. The molecular formula is C17H34IN5O. The van der Waals surface area contributed by atoms with Crippen LogP contribution in [0.25, 0.3) is 0 Å². The summed E-state index contributed by atoms with van der Waals surface area (Å²) in [5, 5.41) is 6.58. The Morgan fingerprint density at radius 2 is 1.88 bits per heavy atom. The molecule has 0 radical (unpaired) electrons. The van der Waals surface area contributed by atoms with Crippen molar-refractivity contribution in [1.29, 1.82) is 0 Å². The van der Waals surface area contributed by atoms with Gasteiger partial charge in [0, 0.05) is 38.6 Å². The van der Waals surface area contributed by atoms with E-state index >= 15 is 0 Å². The third-order valence-electron chi connectivity index (χ3n) is 4.80. The van der Waals surface area contributed by atoms with Gasteiger partial charge in [-0.25, -0.2) is 0 Å². The molecule has 0 bridgehead atoms. The fraction of sp³-hybridized carbons (Fsp3) is 0.882. The predicted octanol–water partition coefficient (Wildman–Crippen LogP) is 1.66. The van der Waals surface area contributed by atoms with Crippen molar-refractivity contribution in [3.05, 3.63) is 0 Å². The maximum Gasteiger partial charge on any atom is 0.224 e. The maximum absolute atomic E-state index is 12.1. The molecule has 0 aromatic rings. The number of carbonyl (C=O) groups excluding carboxylic acids is 1. The van der Waals surface area contributed by atoms with Gasteiger partial charge in [0.15, 0.2) is 5.96 Å². The number of hydrogen-bond acceptors (Lipinski definition) is 3. The molecule has 7 heteroatoms. The van der Waals surface area contributed by atoms with Crippen LogP contribution in [-0.4, -0.2) is 73.5 Å². The average Bonchev–Trinajstić information content (AvgIpc) is 3.23. The van der Waals surface area contributed by atoms with Crippen LogP contribution in [-0.2, 0) is 4.79 Å². The number of likely N-dealkylation sites (N-methyl/N-ethyl adjacent to an activating group) is 1. The molecule has 2 aliphatic heterocycles. The summed E-state index contributed by atoms with van der Waals surface area (Å²) in [5.74, 6) is 1.10. The first-order chi connectivity index (χ1) is 11.2. The van der Waals surface area contributed by atoms with Crippen LogP contribution in [0.5, 0.6) is 0 Å². The Balaban J connectivity index is 0.00000288. The van der Waals surface area contributed by atoms with E-state index in [1.807, 2.05) is 4.90 Å². The zero-order chi connectivity index (χ0) is 16.5. The van der Waals surface area contributed by atoms with Crippen LogP contribution >= 0.6 is 24.0 Å². The second-order valence-electron chi connectivity index (χ2n) is 6.41. The molecule has 1 amide bonds. The number of guanidine groups is 1. The highest BCUT2D eigenvalue weighted by molar-refractivity contribution is 14.0. The van der Waals surface area contributed by atoms with Crippen LogP contribution in [0.4, 0.5) is 0 Å². The number of carbonyl (C=O) groups is 1. The highest BCUT2D eigenvalue weighted by atomic mass is 127. The maximum atomic E-state index is 12.1. The third kappa shape index (κ3) is 6.74. The zero-order valence-electron chi connectivity index (χ0n) is 15.2. The molecule has 0 aromatic heterocycles. The zero-order valence-corrected chi connectivity index (χ0v) is 17.6. The lowest BCUT2D eigenvalue weighted by Crippen LogP contribution is -2.41. The van der Waals surface area contributed by atoms with Gasteiger partial charge in [-0.2, -0.15) is 0 Å². The molecule has 2 rings (SSSR count). The quantitative estimate of drug-likeness (QED) is 0.351. The first kappa shape index (κ1) is 21.5. The third-order valence-corrected chi connectivity index (χ3v) is 4.80. The summed E-state index contributed by atoms with van der Waals surface area (Å²) in [6.07, 6.45) is 5.37. The number of likely N-dealkylation sites (tertiary alicyclic amines) is 2. The Hall–Kier alpha value is -0.570. The molecular weight excluding hydrogens is 417 g/mol. The Morgan fingerprint density at radius 3 is 2.54 bits per heavy atom. The minimum atomic E-state index is 0. The number of halogens is 1. The normalized spacial score (nSPS) is 21.7. The van der Waals surface area contributed by atoms with Gasteiger partial charge in [0.25, 0.3) is 0 Å². The van der Waals surface area contributed by atoms with E-state index < -0.39 is 0 Å². The molecule has 0 aliphatic carbocycles. The van der Waals surface area contributed by atoms with E-state index in [0.717, 1.165) is 51.5 Å². The molecule has 2 aliphatic rings. The van der Waals surface area contributed by atoms with Gasteiger partial charge in [-0.3, -0.25) is 14.7 Å². The van der Waals surface area contributed by atoms with Crippen molar-refractivity contribution in [1.82, 2.24) is 20.4 Å². The molecule has 1 atom stereocenters. The first-order valence-electron chi connectivity index (χ1n) is 9.28. The standard InChI is InChI=1S/C17H33N5O.HI/c1-3-18-17(20-14-15-8-7-13-21(15)4-2)19-10-9-16(23)22-11-5-6-12-22;/h15H,3-14H2,1-2H3,(H2,18,19,20);1H. The molecule has 2 saturated heterocycles. The topological polar surface area (TPSA) is 60.0 Å². The van der Waals surface area contributed by atoms with E-state index in [9.17, 15) is 4.79 Å². The molecule has 24 heavy (non-hydrogen) atoms. The van der Waals surface area contributed by atoms with E-state index in [4.69, 9.17) is 4.99 Å². The number of amides is 1. The van der Waals surface area contributed by atoms with Crippen molar-refractivity contribution in [3.8, 4) is 0 Å². The number of hydrogen-bond donors (Lipinski definition) is 2. The fourth-order valence-corrected chi connectivity index (χ4v) is 3.47. The van der Waals surface area contributed by atoms with E-state index in [0.29, 0.717) is 19.0 Å². The molecule has 0 aromatic carbocycles. The van der Waals surface area contributed by atoms with Crippen LogP contribution in [0.3, 0.4) is 0 Å². The summed E-state index contributed by atoms with van der Waals surface area (Å²) in [5.41, 5.74) is 0. The minimum Gasteiger partial charge on any atom is -0.357 e. The average molecular weight is 451 g/mol. The minimum absolute atomic E-state index is 0. The van der Waals surface area contributed by atoms with Crippen molar-refractivity contribution in [3.63, 3.8) is 0 Å². The van der Waals surface area contributed by atoms with Crippen LogP contribution in [0, 0.1) is 0 Å². The SMILES string of the molecule is CCNC(=NCC1CCCN1CC)NCCC(=O)N1CCCC1.I. The molecule has 1 unspecified atom stereocenters. The molecule has 6 nitrogen and oxygen atoms in total. The van der Waals surface area contributed by atoms with Crippen molar-refractivity contribution in [2.75, 3.05) is 45.8 Å². The van der Waals surface area contributed by atoms with Crippen molar-refractivity contribution < 1.29 is 4.79 Å². The summed E-state index contributed by atoms with van der Waals surface area (Å²) >= 11 is 0. The smallest absolute Gasteiger partial charge is 0.224 e. The van der Waals surface area contributed by atoms with Crippen LogP contribution in [0.2, 0.25) is 0 Å². The van der Waals surface area contributed by atoms with E-state index in [-0.39, 0.29) is 29.9 Å². The van der Waals surface area contributed by atoms with Gasteiger partial charge in [0.05, 0.1) is 6.54 Å². The monoisotopic (exact) mass is 451 g/mol. The molecule has 2 heterocycles. The summed E-state index contributed by atoms with van der Waals surface area (Å²) in [4.78, 5) is 21.2. The summed E-state index contributed by atoms with van der Waals surface area (Å²) in [6.45, 7) is 10.8. The number of nitrogens with zero attached hydrogens (tertiary/aromatic N) is 3. The van der Waals surface area contributed by atoms with E-state index in [1.165, 1.54) is 19.4 Å². The Morgan fingerprint density at radius 1 is 1.12 bits per heavy atom. The van der Waals surface area contributed by atoms with Gasteiger partial charge in [-0.15, -0.1) is 24.0 Å². The van der Waals surface area contributed by atoms with Crippen LogP contribution in [0.15, 0.2) is 4.99 Å². The summed E-state index contributed by atoms with van der Waals surface area (Å²) < 4.78 is 0. The van der Waals surface area contributed by atoms with E-state index in [1.54, 1.807) is 0 Å². The van der Waals surface area contributed by atoms with Gasteiger partial charge >= 0.3 is 0 Å². The number of nitrogens with one attached hydrogen (secondary N) is 2. The van der Waals surface area contributed by atoms with Crippen LogP contribution < -0.4 is 10.6 Å². The van der Waals surface area contributed by atoms with Gasteiger partial charge < -0.3 is 15.5 Å². The van der Waals surface area contributed by atoms with Gasteiger partial charge in [0.1, 0.15) is 0 Å². The lowest BCUT2D eigenvalue weighted by Gasteiger charge is -2.21. The summed E-state index contributed by atoms with van der Waals surface area (Å²) in [7, 11) is 0. The summed E-state index contributed by atoms with van der Waals surface area (Å²) in [6, 6.07) is 0.571. The number of rotatable bonds is 7. The molecule has 2 N–H and O–H groups in total. The van der Waals surface area contributed by atoms with Crippen molar-refractivity contribution in [2.45, 2.75) is 52.0 Å². The Labute approximate surface area is 163 Å². The first-order valence-corrected chi connectivity index (χ1v) is 9.28. The van der Waals surface area contributed by atoms with Crippen molar-refractivity contribution in [2.24, 2.45) is 4.99 Å². The van der Waals surface area contributed by atoms with Crippen LogP contribution in [0.1, 0.15) is 46.0 Å². The molecule has 0 saturated carbocycles. The van der Waals surface area contributed by atoms with Gasteiger partial charge in [-0.05, 0) is 45.7 Å².